The predicted molar refractivity (Wildman–Crippen MR) is 144 cm³/mol. The van der Waals surface area contributed by atoms with Crippen molar-refractivity contribution in [1.29, 1.82) is 0 Å². The number of amides is 1. The second-order valence-corrected chi connectivity index (χ2v) is 9.11. The first-order valence-electron chi connectivity index (χ1n) is 13.4. The van der Waals surface area contributed by atoms with Gasteiger partial charge in [0.1, 0.15) is 11.5 Å². The highest BCUT2D eigenvalue weighted by Crippen LogP contribution is 2.32. The van der Waals surface area contributed by atoms with Gasteiger partial charge in [0.15, 0.2) is 11.5 Å². The molecular formula is C29H39FN2O7. The van der Waals surface area contributed by atoms with Gasteiger partial charge in [0.05, 0.1) is 34.0 Å². The number of hydrogen-bond donors (Lipinski definition) is 1. The minimum Gasteiger partial charge on any atom is -0.497 e. The average molecular weight is 547 g/mol. The largest absolute Gasteiger partial charge is 0.497 e. The molecule has 1 aliphatic rings. The molecule has 0 radical (unpaired) electrons. The van der Waals surface area contributed by atoms with Crippen LogP contribution in [0.15, 0.2) is 30.3 Å². The highest BCUT2D eigenvalue weighted by Gasteiger charge is 2.28. The molecule has 0 unspecified atom stereocenters. The standard InChI is InChI=1S/C29H39FN2O7/c1-5-37-25-14-20(15-26(28(25)30)38-6-2)19-32(22-9-11-31-12-10-22)29(34)21-16-23(35-3)18-24(17-21)39-13-7-8-27(33)36-4/h14-18,22,31H,5-13,19H2,1-4H3. The lowest BCUT2D eigenvalue weighted by atomic mass is 10.0. The number of nitrogens with one attached hydrogen (secondary N) is 1. The fraction of sp³-hybridized carbons (Fsp3) is 0.517. The van der Waals surface area contributed by atoms with Crippen LogP contribution in [0.3, 0.4) is 0 Å². The number of ether oxygens (including phenoxy) is 5. The van der Waals surface area contributed by atoms with E-state index < -0.39 is 5.82 Å². The lowest BCUT2D eigenvalue weighted by Crippen LogP contribution is -2.45. The molecule has 9 nitrogen and oxygen atoms in total. The molecule has 0 saturated carbocycles. The first-order chi connectivity index (χ1) is 18.9. The molecule has 214 valence electrons. The quantitative estimate of drug-likeness (QED) is 0.276. The van der Waals surface area contributed by atoms with Crippen molar-refractivity contribution < 1.29 is 37.7 Å². The van der Waals surface area contributed by atoms with Crippen molar-refractivity contribution in [3.05, 3.63) is 47.3 Å². The van der Waals surface area contributed by atoms with Gasteiger partial charge >= 0.3 is 5.97 Å². The summed E-state index contributed by atoms with van der Waals surface area (Å²) in [5, 5.41) is 3.34. The van der Waals surface area contributed by atoms with E-state index >= 15 is 0 Å². The average Bonchev–Trinajstić information content (AvgIpc) is 2.96. The molecule has 2 aromatic rings. The number of hydrogen-bond acceptors (Lipinski definition) is 8. The van der Waals surface area contributed by atoms with Crippen LogP contribution >= 0.6 is 0 Å². The van der Waals surface area contributed by atoms with Gasteiger partial charge in [-0.05, 0) is 76.0 Å². The van der Waals surface area contributed by atoms with Crippen molar-refractivity contribution in [1.82, 2.24) is 10.2 Å². The Morgan fingerprint density at radius 1 is 0.949 bits per heavy atom. The second kappa shape index (κ2) is 15.2. The maximum Gasteiger partial charge on any atom is 0.305 e. The number of rotatable bonds is 14. The summed E-state index contributed by atoms with van der Waals surface area (Å²) in [5.41, 5.74) is 1.12. The van der Waals surface area contributed by atoms with Gasteiger partial charge < -0.3 is 33.9 Å². The molecule has 3 rings (SSSR count). The Morgan fingerprint density at radius 3 is 2.18 bits per heavy atom. The third-order valence-corrected chi connectivity index (χ3v) is 6.41. The first-order valence-corrected chi connectivity index (χ1v) is 13.4. The van der Waals surface area contributed by atoms with Gasteiger partial charge in [-0.2, -0.15) is 4.39 Å². The van der Waals surface area contributed by atoms with Gasteiger partial charge in [-0.25, -0.2) is 0 Å². The van der Waals surface area contributed by atoms with Crippen molar-refractivity contribution in [2.45, 2.75) is 52.1 Å². The molecule has 1 fully saturated rings. The monoisotopic (exact) mass is 546 g/mol. The van der Waals surface area contributed by atoms with Crippen LogP contribution in [0.2, 0.25) is 0 Å². The number of halogens is 1. The van der Waals surface area contributed by atoms with E-state index in [1.807, 2.05) is 4.90 Å². The SMILES string of the molecule is CCOc1cc(CN(C(=O)c2cc(OC)cc(OCCCC(=O)OC)c2)C2CCNCC2)cc(OCC)c1F. The third kappa shape index (κ3) is 8.48. The predicted octanol–water partition coefficient (Wildman–Crippen LogP) is 4.36. The molecule has 1 heterocycles. The molecule has 0 bridgehead atoms. The van der Waals surface area contributed by atoms with Gasteiger partial charge in [-0.15, -0.1) is 0 Å². The number of carbonyl (C=O) groups excluding carboxylic acids is 2. The minimum absolute atomic E-state index is 0.0227. The van der Waals surface area contributed by atoms with Crippen LogP contribution in [0.25, 0.3) is 0 Å². The number of carbonyl (C=O) groups is 2. The topological polar surface area (TPSA) is 95.6 Å². The molecule has 0 atom stereocenters. The normalized spacial score (nSPS) is 13.5. The summed E-state index contributed by atoms with van der Waals surface area (Å²) in [6.45, 7) is 6.28. The van der Waals surface area contributed by atoms with E-state index in [9.17, 15) is 14.0 Å². The van der Waals surface area contributed by atoms with E-state index in [2.05, 4.69) is 10.1 Å². The highest BCUT2D eigenvalue weighted by atomic mass is 19.1. The van der Waals surface area contributed by atoms with Crippen LogP contribution in [-0.2, 0) is 16.1 Å². The molecular weight excluding hydrogens is 507 g/mol. The summed E-state index contributed by atoms with van der Waals surface area (Å²) in [6.07, 6.45) is 2.28. The molecule has 1 aliphatic heterocycles. The Kier molecular flexibility index (Phi) is 11.7. The Hall–Kier alpha value is -3.53. The first kappa shape index (κ1) is 30.0. The molecule has 39 heavy (non-hydrogen) atoms. The van der Waals surface area contributed by atoms with E-state index in [-0.39, 0.29) is 49.0 Å². The summed E-state index contributed by atoms with van der Waals surface area (Å²) in [6, 6.07) is 8.30. The van der Waals surface area contributed by atoms with Gasteiger partial charge in [-0.3, -0.25) is 9.59 Å². The Labute approximate surface area is 229 Å². The van der Waals surface area contributed by atoms with E-state index in [1.165, 1.54) is 14.2 Å². The number of nitrogens with zero attached hydrogens (tertiary/aromatic N) is 1. The molecule has 0 aliphatic carbocycles. The number of benzene rings is 2. The third-order valence-electron chi connectivity index (χ3n) is 6.41. The van der Waals surface area contributed by atoms with Crippen LogP contribution in [0, 0.1) is 5.82 Å². The van der Waals surface area contributed by atoms with Crippen molar-refractivity contribution in [2.24, 2.45) is 0 Å². The van der Waals surface area contributed by atoms with Crippen molar-refractivity contribution in [2.75, 3.05) is 47.1 Å². The van der Waals surface area contributed by atoms with Crippen LogP contribution in [0.4, 0.5) is 4.39 Å². The van der Waals surface area contributed by atoms with Crippen LogP contribution in [-0.4, -0.2) is 69.9 Å². The van der Waals surface area contributed by atoms with Gasteiger partial charge in [-0.1, -0.05) is 0 Å². The van der Waals surface area contributed by atoms with E-state index in [0.29, 0.717) is 42.3 Å². The Morgan fingerprint density at radius 2 is 1.59 bits per heavy atom. The fourth-order valence-electron chi connectivity index (χ4n) is 4.49. The zero-order valence-corrected chi connectivity index (χ0v) is 23.2. The molecule has 1 saturated heterocycles. The summed E-state index contributed by atoms with van der Waals surface area (Å²) in [4.78, 5) is 27.2. The smallest absolute Gasteiger partial charge is 0.305 e. The van der Waals surface area contributed by atoms with Crippen molar-refractivity contribution in [3.63, 3.8) is 0 Å². The minimum atomic E-state index is -0.552. The molecule has 2 aromatic carbocycles. The maximum absolute atomic E-state index is 14.9. The summed E-state index contributed by atoms with van der Waals surface area (Å²) >= 11 is 0. The summed E-state index contributed by atoms with van der Waals surface area (Å²) in [7, 11) is 2.87. The number of esters is 1. The van der Waals surface area contributed by atoms with Crippen LogP contribution in [0.1, 0.15) is 55.5 Å². The zero-order valence-electron chi connectivity index (χ0n) is 23.2. The van der Waals surface area contributed by atoms with Crippen molar-refractivity contribution in [3.8, 4) is 23.0 Å². The van der Waals surface area contributed by atoms with E-state index in [0.717, 1.165) is 25.9 Å². The Balaban J connectivity index is 1.90. The van der Waals surface area contributed by atoms with Gasteiger partial charge in [0.25, 0.3) is 5.91 Å². The van der Waals surface area contributed by atoms with Gasteiger partial charge in [0, 0.05) is 30.6 Å². The Bertz CT molecular complexity index is 1080. The molecule has 0 spiro atoms. The fourth-order valence-corrected chi connectivity index (χ4v) is 4.49. The summed E-state index contributed by atoms with van der Waals surface area (Å²) < 4.78 is 41.8. The van der Waals surface area contributed by atoms with Crippen LogP contribution in [0.5, 0.6) is 23.0 Å². The second-order valence-electron chi connectivity index (χ2n) is 9.11. The summed E-state index contributed by atoms with van der Waals surface area (Å²) in [5.74, 6) is 0.0864. The highest BCUT2D eigenvalue weighted by molar-refractivity contribution is 5.95. The maximum atomic E-state index is 14.9. The van der Waals surface area contributed by atoms with E-state index in [4.69, 9.17) is 18.9 Å². The van der Waals surface area contributed by atoms with E-state index in [1.54, 1.807) is 44.2 Å². The molecule has 10 heteroatoms. The molecule has 1 N–H and O–H groups in total. The van der Waals surface area contributed by atoms with Crippen LogP contribution < -0.4 is 24.3 Å². The molecule has 0 aromatic heterocycles. The number of piperidine rings is 1. The lowest BCUT2D eigenvalue weighted by Gasteiger charge is -2.35. The van der Waals surface area contributed by atoms with Crippen molar-refractivity contribution >= 4 is 11.9 Å². The number of methoxy groups -OCH3 is 2. The van der Waals surface area contributed by atoms with Gasteiger partial charge in [0.2, 0.25) is 5.82 Å². The zero-order chi connectivity index (χ0) is 28.2. The lowest BCUT2D eigenvalue weighted by molar-refractivity contribution is -0.140. The molecule has 1 amide bonds.